The van der Waals surface area contributed by atoms with E-state index in [1.165, 1.54) is 0 Å². The van der Waals surface area contributed by atoms with Crippen molar-refractivity contribution < 1.29 is 43.0 Å². The minimum absolute atomic E-state index is 0.191. The van der Waals surface area contributed by atoms with Crippen molar-refractivity contribution in [1.82, 2.24) is 0 Å². The van der Waals surface area contributed by atoms with Gasteiger partial charge in [-0.05, 0) is 6.42 Å². The molecule has 0 aromatic carbocycles. The molecule has 0 aliphatic carbocycles. The largest absolute Gasteiger partial charge is 0.483 e. The van der Waals surface area contributed by atoms with Gasteiger partial charge < -0.3 is 18.9 Å². The molecule has 0 N–H and O–H groups in total. The van der Waals surface area contributed by atoms with Crippen molar-refractivity contribution in [2.24, 2.45) is 0 Å². The molecular formula is C14H19NO10. The zero-order valence-electron chi connectivity index (χ0n) is 14.4. The van der Waals surface area contributed by atoms with Crippen LogP contribution in [0.3, 0.4) is 0 Å². The van der Waals surface area contributed by atoms with Gasteiger partial charge in [-0.3, -0.25) is 29.3 Å². The zero-order valence-corrected chi connectivity index (χ0v) is 14.4. The minimum Gasteiger partial charge on any atom is -0.414 e. The second-order valence-electron chi connectivity index (χ2n) is 4.77. The fourth-order valence-corrected chi connectivity index (χ4v) is 1.85. The van der Waals surface area contributed by atoms with Crippen LogP contribution in [-0.2, 0) is 38.1 Å². The van der Waals surface area contributed by atoms with Gasteiger partial charge in [0.2, 0.25) is 0 Å². The summed E-state index contributed by atoms with van der Waals surface area (Å²) in [5.41, 5.74) is 0. The van der Waals surface area contributed by atoms with Crippen LogP contribution in [0.2, 0.25) is 0 Å². The first-order chi connectivity index (χ1) is 11.4. The molecule has 0 spiro atoms. The van der Waals surface area contributed by atoms with E-state index in [-0.39, 0.29) is 12.8 Å². The van der Waals surface area contributed by atoms with E-state index in [4.69, 9.17) is 14.2 Å². The summed E-state index contributed by atoms with van der Waals surface area (Å²) in [7, 11) is 0. The summed E-state index contributed by atoms with van der Waals surface area (Å²) in [6, 6.07) is 0. The summed E-state index contributed by atoms with van der Waals surface area (Å²) in [4.78, 5) is 55.6. The Hall–Kier alpha value is -2.98. The lowest BCUT2D eigenvalue weighted by Gasteiger charge is -2.31. The van der Waals surface area contributed by atoms with E-state index in [1.807, 2.05) is 0 Å². The van der Waals surface area contributed by atoms with Crippen LogP contribution >= 0.6 is 0 Å². The van der Waals surface area contributed by atoms with Crippen LogP contribution < -0.4 is 0 Å². The molecule has 0 aliphatic rings. The number of nitro groups is 1. The number of esters is 4. The number of hydrogen-bond acceptors (Lipinski definition) is 10. The van der Waals surface area contributed by atoms with E-state index >= 15 is 0 Å². The normalized spacial score (nSPS) is 11.7. The first-order valence-electron chi connectivity index (χ1n) is 7.10. The maximum absolute atomic E-state index is 11.5. The van der Waals surface area contributed by atoms with E-state index in [0.717, 1.165) is 27.7 Å². The molecular weight excluding hydrogens is 342 g/mol. The molecule has 11 heteroatoms. The van der Waals surface area contributed by atoms with Gasteiger partial charge in [-0.1, -0.05) is 6.92 Å². The minimum atomic E-state index is -2.45. The van der Waals surface area contributed by atoms with Crippen LogP contribution in [0.5, 0.6) is 0 Å². The number of ether oxygens (including phenoxy) is 4. The summed E-state index contributed by atoms with van der Waals surface area (Å²) < 4.78 is 19.1. The third-order valence-electron chi connectivity index (χ3n) is 2.39. The van der Waals surface area contributed by atoms with Gasteiger partial charge in [0.1, 0.15) is 4.92 Å². The number of carbonyl (C=O) groups is 4. The highest BCUT2D eigenvalue weighted by molar-refractivity contribution is 5.71. The van der Waals surface area contributed by atoms with Gasteiger partial charge >= 0.3 is 41.3 Å². The van der Waals surface area contributed by atoms with Gasteiger partial charge in [0, 0.05) is 34.1 Å². The molecule has 25 heavy (non-hydrogen) atoms. The Morgan fingerprint density at radius 3 is 1.60 bits per heavy atom. The third kappa shape index (κ3) is 6.97. The highest BCUT2D eigenvalue weighted by Crippen LogP contribution is 2.33. The van der Waals surface area contributed by atoms with E-state index in [0.29, 0.717) is 0 Å². The van der Waals surface area contributed by atoms with Gasteiger partial charge in [-0.15, -0.1) is 0 Å². The molecule has 0 bridgehead atoms. The molecule has 0 aromatic rings. The Morgan fingerprint density at radius 2 is 1.32 bits per heavy atom. The second kappa shape index (κ2) is 9.35. The van der Waals surface area contributed by atoms with Gasteiger partial charge in [-0.25, -0.2) is 0 Å². The molecule has 0 rings (SSSR count). The van der Waals surface area contributed by atoms with Crippen molar-refractivity contribution in [2.45, 2.75) is 53.2 Å². The topological polar surface area (TPSA) is 148 Å². The molecule has 0 saturated heterocycles. The fourth-order valence-electron chi connectivity index (χ4n) is 1.85. The van der Waals surface area contributed by atoms with Crippen molar-refractivity contribution in [2.75, 3.05) is 0 Å². The number of nitrogens with zero attached hydrogens (tertiary/aromatic N) is 1. The first-order valence-corrected chi connectivity index (χ1v) is 7.10. The predicted molar refractivity (Wildman–Crippen MR) is 78.7 cm³/mol. The number of hydrogen-bond donors (Lipinski definition) is 0. The molecule has 0 amide bonds. The Morgan fingerprint density at radius 1 is 0.880 bits per heavy atom. The van der Waals surface area contributed by atoms with E-state index in [9.17, 15) is 29.3 Å². The van der Waals surface area contributed by atoms with Crippen molar-refractivity contribution in [3.63, 3.8) is 0 Å². The van der Waals surface area contributed by atoms with Crippen molar-refractivity contribution in [3.05, 3.63) is 21.8 Å². The van der Waals surface area contributed by atoms with Crippen molar-refractivity contribution in [3.8, 4) is 0 Å². The lowest BCUT2D eigenvalue weighted by molar-refractivity contribution is -0.463. The Bertz CT molecular complexity index is 591. The average molecular weight is 361 g/mol. The van der Waals surface area contributed by atoms with E-state index in [2.05, 4.69) is 4.74 Å². The highest BCUT2D eigenvalue weighted by atomic mass is 16.8. The van der Waals surface area contributed by atoms with Gasteiger partial charge in [-0.2, -0.15) is 0 Å². The Kier molecular flexibility index (Phi) is 8.23. The lowest BCUT2D eigenvalue weighted by atomic mass is 10.1. The van der Waals surface area contributed by atoms with E-state index < -0.39 is 46.2 Å². The highest BCUT2D eigenvalue weighted by Gasteiger charge is 2.51. The summed E-state index contributed by atoms with van der Waals surface area (Å²) in [5, 5.41) is 11.3. The van der Waals surface area contributed by atoms with Gasteiger partial charge in [0.15, 0.2) is 0 Å². The summed E-state index contributed by atoms with van der Waals surface area (Å²) in [6.07, 6.45) is -0.107. The molecule has 0 heterocycles. The molecule has 0 radical (unpaired) electrons. The SMILES string of the molecule is CCCC(OC(C)=O)(OC(C)=O)C(OC(C)=O)=C(OC(C)=O)[N+](=O)[O-]. The van der Waals surface area contributed by atoms with Crippen LogP contribution in [0, 0.1) is 10.1 Å². The zero-order chi connectivity index (χ0) is 19.8. The van der Waals surface area contributed by atoms with Gasteiger partial charge in [0.25, 0.3) is 0 Å². The molecule has 0 fully saturated rings. The molecule has 0 saturated carbocycles. The van der Waals surface area contributed by atoms with Crippen LogP contribution in [0.4, 0.5) is 0 Å². The molecule has 11 nitrogen and oxygen atoms in total. The summed E-state index contributed by atoms with van der Waals surface area (Å²) >= 11 is 0. The van der Waals surface area contributed by atoms with Crippen molar-refractivity contribution >= 4 is 23.9 Å². The Balaban J connectivity index is 6.71. The maximum Gasteiger partial charge on any atom is 0.483 e. The number of carbonyl (C=O) groups excluding carboxylic acids is 4. The molecule has 0 atom stereocenters. The summed E-state index contributed by atoms with van der Waals surface area (Å²) in [5.74, 6) is -8.93. The smallest absolute Gasteiger partial charge is 0.414 e. The molecule has 0 aliphatic heterocycles. The summed E-state index contributed by atoms with van der Waals surface area (Å²) in [6.45, 7) is 5.27. The lowest BCUT2D eigenvalue weighted by Crippen LogP contribution is -2.44. The monoisotopic (exact) mass is 361 g/mol. The third-order valence-corrected chi connectivity index (χ3v) is 2.39. The Labute approximate surface area is 143 Å². The standard InChI is InChI=1S/C14H19NO10/c1-6-7-14(24-10(4)18,25-11(5)19)12(22-8(2)16)13(15(20)21)23-9(3)17/h6-7H2,1-5H3. The molecule has 0 unspecified atom stereocenters. The van der Waals surface area contributed by atoms with Crippen LogP contribution in [0.1, 0.15) is 47.5 Å². The van der Waals surface area contributed by atoms with Crippen LogP contribution in [0.15, 0.2) is 11.6 Å². The van der Waals surface area contributed by atoms with Crippen molar-refractivity contribution in [1.29, 1.82) is 0 Å². The number of rotatable bonds is 8. The quantitative estimate of drug-likeness (QED) is 0.154. The van der Waals surface area contributed by atoms with Crippen LogP contribution in [-0.4, -0.2) is 34.6 Å². The van der Waals surface area contributed by atoms with E-state index in [1.54, 1.807) is 6.92 Å². The predicted octanol–water partition coefficient (Wildman–Crippen LogP) is 1.18. The maximum atomic E-state index is 11.5. The second-order valence-corrected chi connectivity index (χ2v) is 4.77. The molecule has 0 aromatic heterocycles. The molecule has 140 valence electrons. The average Bonchev–Trinajstić information content (AvgIpc) is 2.40. The first kappa shape index (κ1) is 22.0. The van der Waals surface area contributed by atoms with Gasteiger partial charge in [0.05, 0.1) is 0 Å². The fraction of sp³-hybridized carbons (Fsp3) is 0.571. The van der Waals surface area contributed by atoms with Crippen LogP contribution in [0.25, 0.3) is 0 Å².